The van der Waals surface area contributed by atoms with E-state index < -0.39 is 0 Å². The van der Waals surface area contributed by atoms with E-state index in [1.54, 1.807) is 6.92 Å². The van der Waals surface area contributed by atoms with Gasteiger partial charge in [0, 0.05) is 17.4 Å². The standard InChI is InChI=1S/C13H18OS/c1-10-6-4-5-7-13(10)9-15-12(3)8-11(2)14/h4-7,12H,8-9H2,1-3H3. The van der Waals surface area contributed by atoms with Gasteiger partial charge in [0.05, 0.1) is 0 Å². The Bertz CT molecular complexity index is 333. The third-order valence-corrected chi connectivity index (χ3v) is 3.57. The second kappa shape index (κ2) is 5.96. The third-order valence-electron chi connectivity index (χ3n) is 2.36. The Morgan fingerprint density at radius 2 is 2.07 bits per heavy atom. The number of hydrogen-bond donors (Lipinski definition) is 0. The topological polar surface area (TPSA) is 17.1 Å². The monoisotopic (exact) mass is 222 g/mol. The summed E-state index contributed by atoms with van der Waals surface area (Å²) in [6.45, 7) is 5.90. The predicted molar refractivity (Wildman–Crippen MR) is 67.2 cm³/mol. The summed E-state index contributed by atoms with van der Waals surface area (Å²) in [6.07, 6.45) is 0.677. The summed E-state index contributed by atoms with van der Waals surface area (Å²) in [5.74, 6) is 1.28. The molecule has 82 valence electrons. The molecular weight excluding hydrogens is 204 g/mol. The fourth-order valence-corrected chi connectivity index (χ4v) is 2.61. The van der Waals surface area contributed by atoms with Crippen molar-refractivity contribution in [3.8, 4) is 0 Å². The second-order valence-corrected chi connectivity index (χ2v) is 5.38. The van der Waals surface area contributed by atoms with Gasteiger partial charge in [0.15, 0.2) is 0 Å². The number of ketones is 1. The van der Waals surface area contributed by atoms with Gasteiger partial charge in [-0.2, -0.15) is 11.8 Å². The van der Waals surface area contributed by atoms with Crippen LogP contribution >= 0.6 is 11.8 Å². The Balaban J connectivity index is 2.43. The van der Waals surface area contributed by atoms with Crippen LogP contribution in [0.5, 0.6) is 0 Å². The number of Topliss-reactive ketones (excluding diaryl/α,β-unsaturated/α-hetero) is 1. The predicted octanol–water partition coefficient (Wildman–Crippen LogP) is 3.60. The zero-order chi connectivity index (χ0) is 11.3. The molecule has 1 aromatic carbocycles. The van der Waals surface area contributed by atoms with E-state index in [0.29, 0.717) is 11.7 Å². The lowest BCUT2D eigenvalue weighted by atomic mass is 10.1. The number of hydrogen-bond acceptors (Lipinski definition) is 2. The van der Waals surface area contributed by atoms with Gasteiger partial charge < -0.3 is 0 Å². The molecule has 0 amide bonds. The maximum Gasteiger partial charge on any atom is 0.130 e. The lowest BCUT2D eigenvalue weighted by Crippen LogP contribution is -2.03. The summed E-state index contributed by atoms with van der Waals surface area (Å²) in [6, 6.07) is 8.41. The van der Waals surface area contributed by atoms with Crippen LogP contribution in [-0.2, 0) is 10.5 Å². The number of benzene rings is 1. The van der Waals surface area contributed by atoms with Crippen molar-refractivity contribution in [2.45, 2.75) is 38.2 Å². The van der Waals surface area contributed by atoms with Crippen LogP contribution in [0, 0.1) is 6.92 Å². The van der Waals surface area contributed by atoms with Gasteiger partial charge in [0.1, 0.15) is 5.78 Å². The highest BCUT2D eigenvalue weighted by Gasteiger charge is 2.06. The van der Waals surface area contributed by atoms with Crippen molar-refractivity contribution in [1.29, 1.82) is 0 Å². The minimum atomic E-state index is 0.278. The number of carbonyl (C=O) groups excluding carboxylic acids is 1. The molecule has 1 aromatic rings. The van der Waals surface area contributed by atoms with Gasteiger partial charge in [-0.15, -0.1) is 0 Å². The summed E-state index contributed by atoms with van der Waals surface area (Å²) >= 11 is 1.85. The molecule has 0 fully saturated rings. The molecule has 0 aliphatic carbocycles. The highest BCUT2D eigenvalue weighted by atomic mass is 32.2. The van der Waals surface area contributed by atoms with Gasteiger partial charge in [-0.25, -0.2) is 0 Å². The average Bonchev–Trinajstić information content (AvgIpc) is 2.15. The van der Waals surface area contributed by atoms with Crippen molar-refractivity contribution < 1.29 is 4.79 Å². The highest BCUT2D eigenvalue weighted by Crippen LogP contribution is 2.21. The van der Waals surface area contributed by atoms with Crippen LogP contribution in [-0.4, -0.2) is 11.0 Å². The van der Waals surface area contributed by atoms with Crippen molar-refractivity contribution in [2.75, 3.05) is 0 Å². The van der Waals surface area contributed by atoms with Crippen LogP contribution in [0.1, 0.15) is 31.4 Å². The van der Waals surface area contributed by atoms with E-state index in [1.807, 2.05) is 11.8 Å². The van der Waals surface area contributed by atoms with Crippen molar-refractivity contribution >= 4 is 17.5 Å². The maximum atomic E-state index is 10.9. The molecule has 1 unspecified atom stereocenters. The first kappa shape index (κ1) is 12.3. The Labute approximate surface area is 96.3 Å². The van der Waals surface area contributed by atoms with Gasteiger partial charge in [-0.3, -0.25) is 4.79 Å². The van der Waals surface area contributed by atoms with E-state index in [0.717, 1.165) is 5.75 Å². The van der Waals surface area contributed by atoms with Crippen LogP contribution in [0.15, 0.2) is 24.3 Å². The van der Waals surface area contributed by atoms with Crippen LogP contribution < -0.4 is 0 Å². The largest absolute Gasteiger partial charge is 0.300 e. The molecular formula is C13H18OS. The Morgan fingerprint density at radius 3 is 2.67 bits per heavy atom. The van der Waals surface area contributed by atoms with E-state index in [-0.39, 0.29) is 5.78 Å². The molecule has 0 heterocycles. The molecule has 1 rings (SSSR count). The first-order valence-corrected chi connectivity index (χ1v) is 6.30. The fraction of sp³-hybridized carbons (Fsp3) is 0.462. The molecule has 0 aromatic heterocycles. The summed E-state index contributed by atoms with van der Waals surface area (Å²) in [7, 11) is 0. The summed E-state index contributed by atoms with van der Waals surface area (Å²) in [5, 5.41) is 0.419. The van der Waals surface area contributed by atoms with E-state index in [4.69, 9.17) is 0 Å². The molecule has 1 nitrogen and oxygen atoms in total. The van der Waals surface area contributed by atoms with E-state index in [9.17, 15) is 4.79 Å². The van der Waals surface area contributed by atoms with Gasteiger partial charge in [-0.1, -0.05) is 31.2 Å². The van der Waals surface area contributed by atoms with E-state index in [2.05, 4.69) is 38.1 Å². The lowest BCUT2D eigenvalue weighted by molar-refractivity contribution is -0.116. The summed E-state index contributed by atoms with van der Waals surface area (Å²) in [5.41, 5.74) is 2.71. The Kier molecular flexibility index (Phi) is 4.89. The average molecular weight is 222 g/mol. The summed E-state index contributed by atoms with van der Waals surface area (Å²) < 4.78 is 0. The highest BCUT2D eigenvalue weighted by molar-refractivity contribution is 7.99. The molecule has 0 bridgehead atoms. The number of aryl methyl sites for hydroxylation is 1. The zero-order valence-electron chi connectivity index (χ0n) is 9.62. The van der Waals surface area contributed by atoms with E-state index >= 15 is 0 Å². The Hall–Kier alpha value is -0.760. The van der Waals surface area contributed by atoms with Crippen molar-refractivity contribution in [3.05, 3.63) is 35.4 Å². The fourth-order valence-electron chi connectivity index (χ4n) is 1.47. The second-order valence-electron chi connectivity index (χ2n) is 3.95. The van der Waals surface area contributed by atoms with Gasteiger partial charge in [0.2, 0.25) is 0 Å². The molecule has 15 heavy (non-hydrogen) atoms. The quantitative estimate of drug-likeness (QED) is 0.757. The SMILES string of the molecule is CC(=O)CC(C)SCc1ccccc1C. The lowest BCUT2D eigenvalue weighted by Gasteiger charge is -2.10. The molecule has 0 saturated carbocycles. The first-order chi connectivity index (χ1) is 7.09. The minimum Gasteiger partial charge on any atom is -0.300 e. The number of carbonyl (C=O) groups is 1. The number of thioether (sulfide) groups is 1. The molecule has 2 heteroatoms. The van der Waals surface area contributed by atoms with E-state index in [1.165, 1.54) is 11.1 Å². The van der Waals surface area contributed by atoms with Gasteiger partial charge in [0.25, 0.3) is 0 Å². The molecule has 0 radical (unpaired) electrons. The van der Waals surface area contributed by atoms with Crippen LogP contribution in [0.3, 0.4) is 0 Å². The molecule has 1 atom stereocenters. The maximum absolute atomic E-state index is 10.9. The van der Waals surface area contributed by atoms with Gasteiger partial charge in [-0.05, 0) is 25.0 Å². The van der Waals surface area contributed by atoms with Crippen LogP contribution in [0.25, 0.3) is 0 Å². The smallest absolute Gasteiger partial charge is 0.130 e. The zero-order valence-corrected chi connectivity index (χ0v) is 10.4. The van der Waals surface area contributed by atoms with Crippen molar-refractivity contribution in [3.63, 3.8) is 0 Å². The number of rotatable bonds is 5. The van der Waals surface area contributed by atoms with Crippen molar-refractivity contribution in [2.24, 2.45) is 0 Å². The minimum absolute atomic E-state index is 0.278. The third kappa shape index (κ3) is 4.52. The van der Waals surface area contributed by atoms with Crippen molar-refractivity contribution in [1.82, 2.24) is 0 Å². The van der Waals surface area contributed by atoms with Crippen LogP contribution in [0.2, 0.25) is 0 Å². The molecule has 0 aliphatic rings. The normalized spacial score (nSPS) is 12.5. The Morgan fingerprint density at radius 1 is 1.40 bits per heavy atom. The molecule has 0 aliphatic heterocycles. The van der Waals surface area contributed by atoms with Gasteiger partial charge >= 0.3 is 0 Å². The van der Waals surface area contributed by atoms with Crippen LogP contribution in [0.4, 0.5) is 0 Å². The summed E-state index contributed by atoms with van der Waals surface area (Å²) in [4.78, 5) is 10.9. The molecule has 0 N–H and O–H groups in total. The molecule has 0 spiro atoms. The first-order valence-electron chi connectivity index (χ1n) is 5.25. The molecule has 0 saturated heterocycles.